The fraction of sp³-hybridized carbons (Fsp3) is 0. The monoisotopic (exact) mass is 353 g/mol. The van der Waals surface area contributed by atoms with E-state index in [1.807, 2.05) is 0 Å². The van der Waals surface area contributed by atoms with Crippen LogP contribution in [-0.4, -0.2) is 0 Å². The molecule has 3 rings (SSSR count). The van der Waals surface area contributed by atoms with Crippen molar-refractivity contribution in [1.29, 1.82) is 0 Å². The van der Waals surface area contributed by atoms with E-state index in [4.69, 9.17) is 0 Å². The Bertz CT molecular complexity index is 785. The summed E-state index contributed by atoms with van der Waals surface area (Å²) in [4.78, 5) is 0.875. The summed E-state index contributed by atoms with van der Waals surface area (Å²) in [7, 11) is -1.19. The molecule has 0 atom stereocenters. The molecule has 122 valence electrons. The van der Waals surface area contributed by atoms with E-state index in [0.717, 1.165) is 24.3 Å². The molecule has 0 radical (unpaired) electrons. The molecule has 0 heterocycles. The molecule has 0 unspecified atom stereocenters. The molecule has 0 N–H and O–H groups in total. The van der Waals surface area contributed by atoms with Gasteiger partial charge in [-0.15, -0.1) is 0 Å². The van der Waals surface area contributed by atoms with Gasteiger partial charge >= 0.3 is 0 Å². The van der Waals surface area contributed by atoms with Crippen LogP contribution in [0.3, 0.4) is 0 Å². The van der Waals surface area contributed by atoms with Crippen molar-refractivity contribution in [3.05, 3.63) is 89.7 Å². The van der Waals surface area contributed by atoms with E-state index < -0.39 is 40.0 Å². The lowest BCUT2D eigenvalue weighted by Gasteiger charge is -2.09. The van der Waals surface area contributed by atoms with Crippen molar-refractivity contribution >= 4 is 10.9 Å². The van der Waals surface area contributed by atoms with Crippen LogP contribution in [0.2, 0.25) is 0 Å². The SMILES string of the molecule is Fc1ccc([S+](c2cc(F)cc(F)c2)c2cc(F)cc(F)c2)cc1. The molecule has 0 aromatic heterocycles. The fourth-order valence-electron chi connectivity index (χ4n) is 2.27. The van der Waals surface area contributed by atoms with Crippen LogP contribution in [0.15, 0.2) is 75.4 Å². The van der Waals surface area contributed by atoms with Crippen LogP contribution in [0.4, 0.5) is 22.0 Å². The van der Waals surface area contributed by atoms with Gasteiger partial charge < -0.3 is 0 Å². The molecule has 0 nitrogen and oxygen atoms in total. The lowest BCUT2D eigenvalue weighted by atomic mass is 10.3. The van der Waals surface area contributed by atoms with Gasteiger partial charge in [0.2, 0.25) is 0 Å². The predicted octanol–water partition coefficient (Wildman–Crippen LogP) is 5.48. The molecule has 3 aromatic rings. The zero-order valence-corrected chi connectivity index (χ0v) is 12.9. The maximum absolute atomic E-state index is 13.6. The smallest absolute Gasteiger partial charge is 0.172 e. The largest absolute Gasteiger partial charge is 0.207 e. The molecule has 0 amide bonds. The van der Waals surface area contributed by atoms with Gasteiger partial charge in [0.15, 0.2) is 14.7 Å². The minimum absolute atomic E-state index is 0.198. The fourth-order valence-corrected chi connectivity index (χ4v) is 4.42. The summed E-state index contributed by atoms with van der Waals surface area (Å²) < 4.78 is 67.6. The van der Waals surface area contributed by atoms with Crippen molar-refractivity contribution in [1.82, 2.24) is 0 Å². The molecule has 6 heteroatoms. The van der Waals surface area contributed by atoms with E-state index in [2.05, 4.69) is 0 Å². The van der Waals surface area contributed by atoms with Gasteiger partial charge in [0, 0.05) is 36.4 Å². The van der Waals surface area contributed by atoms with Gasteiger partial charge in [-0.05, 0) is 24.3 Å². The maximum atomic E-state index is 13.6. The van der Waals surface area contributed by atoms with E-state index in [1.165, 1.54) is 24.3 Å². The summed E-state index contributed by atoms with van der Waals surface area (Å²) in [6.07, 6.45) is 0. The highest BCUT2D eigenvalue weighted by Gasteiger charge is 2.31. The number of benzene rings is 3. The third-order valence-electron chi connectivity index (χ3n) is 3.19. The quantitative estimate of drug-likeness (QED) is 0.432. The molecule has 0 aliphatic rings. The zero-order valence-electron chi connectivity index (χ0n) is 12.1. The first-order valence-electron chi connectivity index (χ1n) is 6.84. The number of hydrogen-bond acceptors (Lipinski definition) is 0. The van der Waals surface area contributed by atoms with Gasteiger partial charge in [0.25, 0.3) is 0 Å². The van der Waals surface area contributed by atoms with Crippen LogP contribution >= 0.6 is 0 Å². The third kappa shape index (κ3) is 3.59. The van der Waals surface area contributed by atoms with Gasteiger partial charge in [-0.25, -0.2) is 22.0 Å². The molecule has 0 saturated carbocycles. The summed E-state index contributed by atoms with van der Waals surface area (Å²) in [5.41, 5.74) is 0. The van der Waals surface area contributed by atoms with Gasteiger partial charge in [-0.1, -0.05) is 0 Å². The minimum Gasteiger partial charge on any atom is -0.207 e. The van der Waals surface area contributed by atoms with E-state index in [1.54, 1.807) is 0 Å². The van der Waals surface area contributed by atoms with Crippen molar-refractivity contribution < 1.29 is 22.0 Å². The molecule has 0 saturated heterocycles. The Morgan fingerprint density at radius 2 is 0.792 bits per heavy atom. The predicted molar refractivity (Wildman–Crippen MR) is 81.3 cm³/mol. The van der Waals surface area contributed by atoms with Crippen molar-refractivity contribution in [2.45, 2.75) is 14.7 Å². The number of halogens is 5. The first kappa shape index (κ1) is 16.5. The van der Waals surface area contributed by atoms with E-state index in [-0.39, 0.29) is 9.79 Å². The maximum Gasteiger partial charge on any atom is 0.172 e. The van der Waals surface area contributed by atoms with Crippen LogP contribution in [-0.2, 0) is 10.9 Å². The lowest BCUT2D eigenvalue weighted by molar-refractivity contribution is 0.576. The first-order chi connectivity index (χ1) is 11.4. The highest BCUT2D eigenvalue weighted by atomic mass is 32.2. The average molecular weight is 353 g/mol. The summed E-state index contributed by atoms with van der Waals surface area (Å²) in [6.45, 7) is 0. The summed E-state index contributed by atoms with van der Waals surface area (Å²) in [6, 6.07) is 11.0. The molecular formula is C18H10F5S+. The highest BCUT2D eigenvalue weighted by molar-refractivity contribution is 7.97. The third-order valence-corrected chi connectivity index (χ3v) is 5.35. The normalized spacial score (nSPS) is 11.1. The average Bonchev–Trinajstić information content (AvgIpc) is 2.47. The van der Waals surface area contributed by atoms with Crippen LogP contribution in [0, 0.1) is 29.1 Å². The van der Waals surface area contributed by atoms with Crippen LogP contribution in [0.1, 0.15) is 0 Å². The van der Waals surface area contributed by atoms with E-state index >= 15 is 0 Å². The van der Waals surface area contributed by atoms with Gasteiger partial charge in [0.05, 0.1) is 10.9 Å². The standard InChI is InChI=1S/C18H10F5S/c19-11-1-3-16(4-2-11)24(17-7-12(20)5-13(21)8-17)18-9-14(22)6-15(23)10-18/h1-10H/q+1. The van der Waals surface area contributed by atoms with Crippen molar-refractivity contribution in [2.24, 2.45) is 0 Å². The number of rotatable bonds is 3. The Kier molecular flexibility index (Phi) is 4.57. The van der Waals surface area contributed by atoms with Gasteiger partial charge in [-0.3, -0.25) is 0 Å². The van der Waals surface area contributed by atoms with Crippen molar-refractivity contribution in [3.8, 4) is 0 Å². The molecule has 0 aliphatic heterocycles. The Labute approximate surface area is 137 Å². The zero-order chi connectivity index (χ0) is 17.3. The summed E-state index contributed by atoms with van der Waals surface area (Å²) >= 11 is 0. The van der Waals surface area contributed by atoms with Crippen LogP contribution in [0.25, 0.3) is 0 Å². The summed E-state index contributed by atoms with van der Waals surface area (Å²) in [5.74, 6) is -3.70. The molecule has 24 heavy (non-hydrogen) atoms. The number of hydrogen-bond donors (Lipinski definition) is 0. The lowest BCUT2D eigenvalue weighted by Crippen LogP contribution is -2.07. The molecular weight excluding hydrogens is 343 g/mol. The Morgan fingerprint density at radius 3 is 1.17 bits per heavy atom. The first-order valence-corrected chi connectivity index (χ1v) is 8.07. The Hall–Kier alpha value is -2.34. The van der Waals surface area contributed by atoms with Gasteiger partial charge in [0.1, 0.15) is 29.1 Å². The van der Waals surface area contributed by atoms with E-state index in [0.29, 0.717) is 17.0 Å². The highest BCUT2D eigenvalue weighted by Crippen LogP contribution is 2.33. The van der Waals surface area contributed by atoms with Crippen LogP contribution < -0.4 is 0 Å². The minimum atomic E-state index is -1.19. The molecule has 0 fully saturated rings. The van der Waals surface area contributed by atoms with Gasteiger partial charge in [-0.2, -0.15) is 0 Å². The molecule has 0 spiro atoms. The van der Waals surface area contributed by atoms with Crippen LogP contribution in [0.5, 0.6) is 0 Å². The molecule has 3 aromatic carbocycles. The van der Waals surface area contributed by atoms with Crippen molar-refractivity contribution in [2.75, 3.05) is 0 Å². The van der Waals surface area contributed by atoms with E-state index in [9.17, 15) is 22.0 Å². The second-order valence-corrected chi connectivity index (χ2v) is 7.00. The molecule has 0 bridgehead atoms. The summed E-state index contributed by atoms with van der Waals surface area (Å²) in [5, 5.41) is 0. The second-order valence-electron chi connectivity index (χ2n) is 4.97. The topological polar surface area (TPSA) is 0 Å². The second kappa shape index (κ2) is 6.65. The Morgan fingerprint density at radius 1 is 0.417 bits per heavy atom. The molecule has 0 aliphatic carbocycles. The van der Waals surface area contributed by atoms with Crippen molar-refractivity contribution in [3.63, 3.8) is 0 Å². The Balaban J connectivity index is 2.21.